The molecular formula is C46H32N2. The van der Waals surface area contributed by atoms with Gasteiger partial charge in [-0.3, -0.25) is 0 Å². The minimum Gasteiger partial charge on any atom is -0.228 e. The minimum absolute atomic E-state index is 0.695. The van der Waals surface area contributed by atoms with Crippen molar-refractivity contribution in [3.05, 3.63) is 194 Å². The van der Waals surface area contributed by atoms with Crippen LogP contribution < -0.4 is 0 Å². The van der Waals surface area contributed by atoms with Gasteiger partial charge in [-0.05, 0) is 68.8 Å². The summed E-state index contributed by atoms with van der Waals surface area (Å²) >= 11 is 0. The van der Waals surface area contributed by atoms with Crippen molar-refractivity contribution in [3.63, 3.8) is 0 Å². The molecule has 0 fully saturated rings. The Hall–Kier alpha value is -6.38. The van der Waals surface area contributed by atoms with Crippen LogP contribution >= 0.6 is 0 Å². The average molecular weight is 613 g/mol. The number of rotatable bonds is 7. The molecule has 0 aliphatic rings. The lowest BCUT2D eigenvalue weighted by molar-refractivity contribution is 1.18. The lowest BCUT2D eigenvalue weighted by Gasteiger charge is -2.19. The van der Waals surface area contributed by atoms with Gasteiger partial charge in [0.2, 0.25) is 0 Å². The van der Waals surface area contributed by atoms with Gasteiger partial charge < -0.3 is 0 Å². The molecule has 48 heavy (non-hydrogen) atoms. The van der Waals surface area contributed by atoms with E-state index in [0.717, 1.165) is 33.6 Å². The summed E-state index contributed by atoms with van der Waals surface area (Å²) in [5, 5.41) is 0. The lowest BCUT2D eigenvalue weighted by atomic mass is 9.84. The molecule has 8 aromatic rings. The van der Waals surface area contributed by atoms with Gasteiger partial charge >= 0.3 is 0 Å². The Morgan fingerprint density at radius 3 is 1.08 bits per heavy atom. The van der Waals surface area contributed by atoms with Gasteiger partial charge in [0.15, 0.2) is 5.82 Å². The van der Waals surface area contributed by atoms with Crippen molar-refractivity contribution in [2.24, 2.45) is 0 Å². The van der Waals surface area contributed by atoms with Crippen molar-refractivity contribution >= 4 is 0 Å². The van der Waals surface area contributed by atoms with E-state index in [0.29, 0.717) is 5.82 Å². The molecular weight excluding hydrogens is 581 g/mol. The van der Waals surface area contributed by atoms with Crippen molar-refractivity contribution in [3.8, 4) is 78.4 Å². The highest BCUT2D eigenvalue weighted by atomic mass is 14.9. The van der Waals surface area contributed by atoms with Crippen LogP contribution in [-0.2, 0) is 0 Å². The zero-order valence-corrected chi connectivity index (χ0v) is 26.4. The third-order valence-electron chi connectivity index (χ3n) is 8.69. The number of aromatic nitrogens is 2. The van der Waals surface area contributed by atoms with Crippen LogP contribution in [0.25, 0.3) is 78.4 Å². The van der Waals surface area contributed by atoms with E-state index in [2.05, 4.69) is 182 Å². The fourth-order valence-corrected chi connectivity index (χ4v) is 6.34. The monoisotopic (exact) mass is 612 g/mol. The predicted octanol–water partition coefficient (Wildman–Crippen LogP) is 12.1. The fraction of sp³-hybridized carbons (Fsp3) is 0. The van der Waals surface area contributed by atoms with Gasteiger partial charge in [-0.1, -0.05) is 170 Å². The van der Waals surface area contributed by atoms with Crippen molar-refractivity contribution in [1.82, 2.24) is 9.97 Å². The maximum Gasteiger partial charge on any atom is 0.160 e. The minimum atomic E-state index is 0.695. The SMILES string of the molecule is c1ccc(-c2cc(-c3ccccc3)c(-c3cccc(-c4nc(-c5ccccc5)cc(-c5ccccc5)n4)c3)c(-c3ccccc3)c2)cc1. The van der Waals surface area contributed by atoms with Crippen LogP contribution in [0.15, 0.2) is 194 Å². The van der Waals surface area contributed by atoms with Crippen LogP contribution in [0.5, 0.6) is 0 Å². The molecule has 8 rings (SSSR count). The van der Waals surface area contributed by atoms with Crippen LogP contribution in [0, 0.1) is 0 Å². The van der Waals surface area contributed by atoms with Gasteiger partial charge in [-0.2, -0.15) is 0 Å². The van der Waals surface area contributed by atoms with Gasteiger partial charge in [0.1, 0.15) is 0 Å². The smallest absolute Gasteiger partial charge is 0.160 e. The summed E-state index contributed by atoms with van der Waals surface area (Å²) in [5.41, 5.74) is 14.2. The maximum atomic E-state index is 5.14. The zero-order chi connectivity index (χ0) is 32.1. The quantitative estimate of drug-likeness (QED) is 0.179. The first-order valence-electron chi connectivity index (χ1n) is 16.3. The van der Waals surface area contributed by atoms with Gasteiger partial charge in [0.25, 0.3) is 0 Å². The topological polar surface area (TPSA) is 25.8 Å². The molecule has 0 aliphatic heterocycles. The van der Waals surface area contributed by atoms with Crippen LogP contribution in [-0.4, -0.2) is 9.97 Å². The molecule has 0 unspecified atom stereocenters. The van der Waals surface area contributed by atoms with E-state index in [9.17, 15) is 0 Å². The summed E-state index contributed by atoms with van der Waals surface area (Å²) in [6, 6.07) is 68.1. The van der Waals surface area contributed by atoms with Gasteiger partial charge in [-0.25, -0.2) is 9.97 Å². The van der Waals surface area contributed by atoms with E-state index in [4.69, 9.17) is 9.97 Å². The molecule has 1 aromatic heterocycles. The van der Waals surface area contributed by atoms with E-state index in [1.165, 1.54) is 38.9 Å². The second-order valence-corrected chi connectivity index (χ2v) is 11.8. The molecule has 0 N–H and O–H groups in total. The highest BCUT2D eigenvalue weighted by molar-refractivity contribution is 5.98. The Bertz CT molecular complexity index is 2180. The molecule has 2 heteroatoms. The van der Waals surface area contributed by atoms with E-state index in [1.807, 2.05) is 12.1 Å². The summed E-state index contributed by atoms with van der Waals surface area (Å²) in [7, 11) is 0. The van der Waals surface area contributed by atoms with Gasteiger partial charge in [0, 0.05) is 16.7 Å². The molecule has 226 valence electrons. The summed E-state index contributed by atoms with van der Waals surface area (Å²) < 4.78 is 0. The number of nitrogens with zero attached hydrogens (tertiary/aromatic N) is 2. The largest absolute Gasteiger partial charge is 0.228 e. The number of hydrogen-bond donors (Lipinski definition) is 0. The van der Waals surface area contributed by atoms with E-state index in [1.54, 1.807) is 0 Å². The molecule has 2 nitrogen and oxygen atoms in total. The van der Waals surface area contributed by atoms with Crippen LogP contribution in [0.3, 0.4) is 0 Å². The average Bonchev–Trinajstić information content (AvgIpc) is 3.19. The number of benzene rings is 7. The predicted molar refractivity (Wildman–Crippen MR) is 200 cm³/mol. The van der Waals surface area contributed by atoms with Crippen LogP contribution in [0.4, 0.5) is 0 Å². The van der Waals surface area contributed by atoms with E-state index < -0.39 is 0 Å². The van der Waals surface area contributed by atoms with Crippen LogP contribution in [0.2, 0.25) is 0 Å². The first-order valence-corrected chi connectivity index (χ1v) is 16.3. The van der Waals surface area contributed by atoms with Crippen molar-refractivity contribution < 1.29 is 0 Å². The highest BCUT2D eigenvalue weighted by Crippen LogP contribution is 2.44. The van der Waals surface area contributed by atoms with Crippen molar-refractivity contribution in [2.45, 2.75) is 0 Å². The summed E-state index contributed by atoms with van der Waals surface area (Å²) in [5.74, 6) is 0.695. The molecule has 0 aliphatic carbocycles. The molecule has 1 heterocycles. The lowest BCUT2D eigenvalue weighted by Crippen LogP contribution is -1.97. The molecule has 0 radical (unpaired) electrons. The van der Waals surface area contributed by atoms with Gasteiger partial charge in [-0.15, -0.1) is 0 Å². The van der Waals surface area contributed by atoms with E-state index in [-0.39, 0.29) is 0 Å². The van der Waals surface area contributed by atoms with Gasteiger partial charge in [0.05, 0.1) is 11.4 Å². The Balaban J connectivity index is 1.36. The first kappa shape index (κ1) is 29.1. The summed E-state index contributed by atoms with van der Waals surface area (Å²) in [6.07, 6.45) is 0. The van der Waals surface area contributed by atoms with Crippen molar-refractivity contribution in [1.29, 1.82) is 0 Å². The molecule has 0 amide bonds. The third kappa shape index (κ3) is 5.95. The zero-order valence-electron chi connectivity index (χ0n) is 26.4. The Morgan fingerprint density at radius 1 is 0.250 bits per heavy atom. The Kier molecular flexibility index (Phi) is 7.96. The molecule has 0 atom stereocenters. The Morgan fingerprint density at radius 2 is 0.625 bits per heavy atom. The summed E-state index contributed by atoms with van der Waals surface area (Å²) in [4.78, 5) is 10.3. The van der Waals surface area contributed by atoms with Crippen molar-refractivity contribution in [2.75, 3.05) is 0 Å². The second kappa shape index (κ2) is 13.2. The van der Waals surface area contributed by atoms with Crippen LogP contribution in [0.1, 0.15) is 0 Å². The molecule has 7 aromatic carbocycles. The molecule has 0 saturated heterocycles. The molecule has 0 saturated carbocycles. The van der Waals surface area contributed by atoms with E-state index >= 15 is 0 Å². The Labute approximate surface area is 281 Å². The maximum absolute atomic E-state index is 5.14. The number of hydrogen-bond acceptors (Lipinski definition) is 2. The standard InChI is InChI=1S/C46H32N2/c1-6-17-33(18-7-1)40-30-41(34-19-8-2-9-20-34)45(42(31-40)35-21-10-3-11-22-35)38-27-16-28-39(29-38)46-47-43(36-23-12-4-13-24-36)32-44(48-46)37-25-14-5-15-26-37/h1-32H. The normalized spacial score (nSPS) is 10.9. The molecule has 0 spiro atoms. The fourth-order valence-electron chi connectivity index (χ4n) is 6.34. The highest BCUT2D eigenvalue weighted by Gasteiger charge is 2.18. The second-order valence-electron chi connectivity index (χ2n) is 11.8. The first-order chi connectivity index (χ1) is 23.8. The summed E-state index contributed by atoms with van der Waals surface area (Å²) in [6.45, 7) is 0. The molecule has 0 bridgehead atoms. The third-order valence-corrected chi connectivity index (χ3v) is 8.69.